The number of phenolic OH excluding ortho intramolecular Hbond substituents is 1. The first-order valence-electron chi connectivity index (χ1n) is 8.77. The van der Waals surface area contributed by atoms with Gasteiger partial charge >= 0.3 is 0 Å². The van der Waals surface area contributed by atoms with Crippen LogP contribution in [-0.2, 0) is 16.8 Å². The minimum Gasteiger partial charge on any atom is -0.507 e. The van der Waals surface area contributed by atoms with Gasteiger partial charge in [0.15, 0.2) is 0 Å². The maximum Gasteiger partial charge on any atom is 0.122 e. The molecular formula is C20H34O2. The lowest BCUT2D eigenvalue weighted by Gasteiger charge is -2.22. The minimum atomic E-state index is -0.0515. The second kappa shape index (κ2) is 9.19. The molecule has 0 radical (unpaired) electrons. The quantitative estimate of drug-likeness (QED) is 0.578. The summed E-state index contributed by atoms with van der Waals surface area (Å²) in [6.45, 7) is 12.1. The van der Waals surface area contributed by atoms with Crippen molar-refractivity contribution in [1.29, 1.82) is 0 Å². The summed E-state index contributed by atoms with van der Waals surface area (Å²) in [5.74, 6) is 0.423. The van der Waals surface area contributed by atoms with E-state index in [2.05, 4.69) is 33.8 Å². The van der Waals surface area contributed by atoms with Gasteiger partial charge in [-0.3, -0.25) is 0 Å². The van der Waals surface area contributed by atoms with E-state index in [0.717, 1.165) is 29.7 Å². The van der Waals surface area contributed by atoms with Gasteiger partial charge in [0, 0.05) is 6.61 Å². The van der Waals surface area contributed by atoms with Crippen molar-refractivity contribution in [2.24, 2.45) is 0 Å². The first-order chi connectivity index (χ1) is 10.4. The van der Waals surface area contributed by atoms with Crippen molar-refractivity contribution in [2.75, 3.05) is 6.61 Å². The van der Waals surface area contributed by atoms with Crippen LogP contribution >= 0.6 is 0 Å². The van der Waals surface area contributed by atoms with E-state index in [0.29, 0.717) is 12.4 Å². The Kier molecular flexibility index (Phi) is 7.95. The third-order valence-corrected chi connectivity index (χ3v) is 4.08. The van der Waals surface area contributed by atoms with E-state index < -0.39 is 0 Å². The van der Waals surface area contributed by atoms with Gasteiger partial charge < -0.3 is 9.84 Å². The van der Waals surface area contributed by atoms with Crippen molar-refractivity contribution in [2.45, 2.75) is 85.2 Å². The first kappa shape index (κ1) is 19.0. The van der Waals surface area contributed by atoms with Gasteiger partial charge in [0.2, 0.25) is 0 Å². The molecule has 126 valence electrons. The highest BCUT2D eigenvalue weighted by Gasteiger charge is 2.20. The van der Waals surface area contributed by atoms with E-state index in [4.69, 9.17) is 4.74 Å². The van der Waals surface area contributed by atoms with Crippen molar-refractivity contribution >= 4 is 0 Å². The van der Waals surface area contributed by atoms with Gasteiger partial charge in [-0.15, -0.1) is 0 Å². The molecule has 0 heterocycles. The molecule has 1 N–H and O–H groups in total. The monoisotopic (exact) mass is 306 g/mol. The topological polar surface area (TPSA) is 29.5 Å². The summed E-state index contributed by atoms with van der Waals surface area (Å²) in [5.41, 5.74) is 3.05. The Morgan fingerprint density at radius 2 is 1.64 bits per heavy atom. The molecule has 0 atom stereocenters. The zero-order valence-corrected chi connectivity index (χ0v) is 15.2. The fourth-order valence-corrected chi connectivity index (χ4v) is 2.68. The van der Waals surface area contributed by atoms with E-state index in [1.165, 1.54) is 32.1 Å². The van der Waals surface area contributed by atoms with E-state index in [-0.39, 0.29) is 5.41 Å². The maximum atomic E-state index is 10.2. The number of rotatable bonds is 9. The van der Waals surface area contributed by atoms with Crippen molar-refractivity contribution in [3.8, 4) is 5.75 Å². The summed E-state index contributed by atoms with van der Waals surface area (Å²) in [5, 5.41) is 10.2. The lowest BCUT2D eigenvalue weighted by molar-refractivity contribution is 0.116. The van der Waals surface area contributed by atoms with Crippen LogP contribution in [0, 0.1) is 6.92 Å². The normalized spacial score (nSPS) is 11.9. The van der Waals surface area contributed by atoms with Crippen molar-refractivity contribution in [1.82, 2.24) is 0 Å². The number of aryl methyl sites for hydroxylation is 1. The fourth-order valence-electron chi connectivity index (χ4n) is 2.68. The Morgan fingerprint density at radius 1 is 1.00 bits per heavy atom. The molecule has 22 heavy (non-hydrogen) atoms. The molecule has 1 aromatic carbocycles. The highest BCUT2D eigenvalue weighted by atomic mass is 16.5. The molecule has 0 aromatic heterocycles. The second-order valence-corrected chi connectivity index (χ2v) is 7.38. The molecule has 1 aromatic rings. The van der Waals surface area contributed by atoms with Gasteiger partial charge in [0.25, 0.3) is 0 Å². The third kappa shape index (κ3) is 6.39. The molecule has 0 spiro atoms. The van der Waals surface area contributed by atoms with Gasteiger partial charge in [-0.1, -0.05) is 65.9 Å². The van der Waals surface area contributed by atoms with Crippen LogP contribution in [0.3, 0.4) is 0 Å². The Labute approximate surface area is 136 Å². The van der Waals surface area contributed by atoms with Crippen molar-refractivity contribution in [3.63, 3.8) is 0 Å². The Morgan fingerprint density at radius 3 is 2.27 bits per heavy atom. The molecule has 0 amide bonds. The van der Waals surface area contributed by atoms with Gasteiger partial charge in [-0.25, -0.2) is 0 Å². The fraction of sp³-hybridized carbons (Fsp3) is 0.700. The summed E-state index contributed by atoms with van der Waals surface area (Å²) in [6.07, 6.45) is 7.73. The lowest BCUT2D eigenvalue weighted by Crippen LogP contribution is -2.12. The molecule has 0 fully saturated rings. The predicted octanol–water partition coefficient (Wildman–Crippen LogP) is 5.88. The van der Waals surface area contributed by atoms with Gasteiger partial charge in [-0.2, -0.15) is 0 Å². The van der Waals surface area contributed by atoms with Crippen molar-refractivity contribution in [3.05, 3.63) is 28.8 Å². The molecule has 0 aliphatic rings. The van der Waals surface area contributed by atoms with Crippen LogP contribution in [0.2, 0.25) is 0 Å². The van der Waals surface area contributed by atoms with Gasteiger partial charge in [0.05, 0.1) is 6.61 Å². The van der Waals surface area contributed by atoms with Crippen LogP contribution in [0.1, 0.15) is 82.9 Å². The van der Waals surface area contributed by atoms with Crippen LogP contribution in [0.5, 0.6) is 5.75 Å². The first-order valence-corrected chi connectivity index (χ1v) is 8.77. The smallest absolute Gasteiger partial charge is 0.122 e. The van der Waals surface area contributed by atoms with E-state index in [1.807, 2.05) is 13.0 Å². The predicted molar refractivity (Wildman–Crippen MR) is 94.6 cm³/mol. The molecule has 1 rings (SSSR count). The van der Waals surface area contributed by atoms with Crippen LogP contribution in [-0.4, -0.2) is 11.7 Å². The molecule has 0 aliphatic carbocycles. The van der Waals surface area contributed by atoms with E-state index >= 15 is 0 Å². The summed E-state index contributed by atoms with van der Waals surface area (Å²) in [7, 11) is 0. The molecule has 0 saturated carbocycles. The Balaban J connectivity index is 2.42. The van der Waals surface area contributed by atoms with Crippen LogP contribution in [0.15, 0.2) is 12.1 Å². The molecular weight excluding hydrogens is 272 g/mol. The van der Waals surface area contributed by atoms with Gasteiger partial charge in [0.1, 0.15) is 5.75 Å². The zero-order chi connectivity index (χ0) is 16.6. The van der Waals surface area contributed by atoms with Crippen molar-refractivity contribution < 1.29 is 9.84 Å². The lowest BCUT2D eigenvalue weighted by atomic mass is 9.84. The summed E-state index contributed by atoms with van der Waals surface area (Å²) >= 11 is 0. The summed E-state index contributed by atoms with van der Waals surface area (Å²) in [6, 6.07) is 4.12. The number of benzene rings is 1. The number of hydrogen-bond acceptors (Lipinski definition) is 2. The number of aromatic hydroxyl groups is 1. The van der Waals surface area contributed by atoms with Gasteiger partial charge in [-0.05, 0) is 41.5 Å². The highest BCUT2D eigenvalue weighted by molar-refractivity contribution is 5.46. The van der Waals surface area contributed by atoms with Crippen LogP contribution in [0.25, 0.3) is 0 Å². The Bertz CT molecular complexity index is 444. The second-order valence-electron chi connectivity index (χ2n) is 7.38. The third-order valence-electron chi connectivity index (χ3n) is 4.08. The molecule has 2 nitrogen and oxygen atoms in total. The van der Waals surface area contributed by atoms with E-state index in [9.17, 15) is 5.11 Å². The largest absolute Gasteiger partial charge is 0.507 e. The summed E-state index contributed by atoms with van der Waals surface area (Å²) in [4.78, 5) is 0. The Hall–Kier alpha value is -1.02. The molecule has 0 aliphatic heterocycles. The average molecular weight is 306 g/mol. The number of ether oxygens (including phenoxy) is 1. The molecule has 0 unspecified atom stereocenters. The number of phenols is 1. The highest BCUT2D eigenvalue weighted by Crippen LogP contribution is 2.34. The van der Waals surface area contributed by atoms with Crippen LogP contribution < -0.4 is 0 Å². The maximum absolute atomic E-state index is 10.2. The number of unbranched alkanes of at least 4 members (excludes halogenated alkanes) is 5. The van der Waals surface area contributed by atoms with Crippen LogP contribution in [0.4, 0.5) is 0 Å². The minimum absolute atomic E-state index is 0.0515. The molecule has 0 saturated heterocycles. The summed E-state index contributed by atoms with van der Waals surface area (Å²) < 4.78 is 5.81. The zero-order valence-electron chi connectivity index (χ0n) is 15.2. The average Bonchev–Trinajstić information content (AvgIpc) is 2.44. The standard InChI is InChI=1S/C20H34O2/c1-6-7-8-9-10-11-12-22-15-17-13-16(2)19(21)18(14-17)20(3,4)5/h13-14,21H,6-12,15H2,1-5H3. The SMILES string of the molecule is CCCCCCCCOCc1cc(C)c(O)c(C(C)(C)C)c1. The van der Waals surface area contributed by atoms with E-state index in [1.54, 1.807) is 0 Å². The molecule has 0 bridgehead atoms. The number of hydrogen-bond donors (Lipinski definition) is 1. The molecule has 2 heteroatoms.